The zero-order valence-electron chi connectivity index (χ0n) is 22.2. The van der Waals surface area contributed by atoms with Crippen LogP contribution < -0.4 is 10.3 Å². The summed E-state index contributed by atoms with van der Waals surface area (Å²) in [4.78, 5) is 27.2. The van der Waals surface area contributed by atoms with Crippen molar-refractivity contribution in [1.82, 2.24) is 44.1 Å². The molecular weight excluding hydrogens is 522 g/mol. The van der Waals surface area contributed by atoms with Crippen molar-refractivity contribution in [3.8, 4) is 17.3 Å². The summed E-state index contributed by atoms with van der Waals surface area (Å²) in [6.07, 6.45) is 3.44. The third kappa shape index (κ3) is 5.27. The molecule has 13 nitrogen and oxygen atoms in total. The highest BCUT2D eigenvalue weighted by atomic mass is 32.2. The van der Waals surface area contributed by atoms with Crippen LogP contribution in [-0.2, 0) is 23.0 Å². The number of H-pyrrole nitrogens is 1. The normalized spacial score (nSPS) is 15.2. The highest BCUT2D eigenvalue weighted by Crippen LogP contribution is 2.30. The fraction of sp³-hybridized carbons (Fsp3) is 0.440. The predicted octanol–water partition coefficient (Wildman–Crippen LogP) is 1.31. The Morgan fingerprint density at radius 2 is 1.90 bits per heavy atom. The van der Waals surface area contributed by atoms with Crippen LogP contribution in [0.3, 0.4) is 0 Å². The second-order valence-electron chi connectivity index (χ2n) is 9.08. The Labute approximate surface area is 225 Å². The fourth-order valence-electron chi connectivity index (χ4n) is 4.67. The molecule has 0 spiro atoms. The molecule has 0 aromatic carbocycles. The van der Waals surface area contributed by atoms with E-state index >= 15 is 0 Å². The van der Waals surface area contributed by atoms with Gasteiger partial charge in [-0.25, -0.2) is 18.4 Å². The van der Waals surface area contributed by atoms with E-state index in [1.54, 1.807) is 23.9 Å². The van der Waals surface area contributed by atoms with Gasteiger partial charge < -0.3 is 14.6 Å². The molecule has 0 aliphatic carbocycles. The van der Waals surface area contributed by atoms with Crippen molar-refractivity contribution in [2.45, 2.75) is 38.6 Å². The van der Waals surface area contributed by atoms with E-state index < -0.39 is 15.6 Å². The van der Waals surface area contributed by atoms with E-state index in [2.05, 4.69) is 37.1 Å². The summed E-state index contributed by atoms with van der Waals surface area (Å²) in [5.41, 5.74) is 1.88. The summed E-state index contributed by atoms with van der Waals surface area (Å²) < 4.78 is 35.9. The van der Waals surface area contributed by atoms with Gasteiger partial charge in [-0.2, -0.15) is 19.6 Å². The lowest BCUT2D eigenvalue weighted by Gasteiger charge is -2.33. The average molecular weight is 554 g/mol. The molecule has 206 valence electrons. The second-order valence-corrected chi connectivity index (χ2v) is 11.0. The molecule has 1 fully saturated rings. The van der Waals surface area contributed by atoms with Crippen LogP contribution in [0.15, 0.2) is 40.3 Å². The Kier molecular flexibility index (Phi) is 7.68. The van der Waals surface area contributed by atoms with E-state index in [1.165, 1.54) is 16.6 Å². The van der Waals surface area contributed by atoms with Crippen LogP contribution in [0.2, 0.25) is 0 Å². The molecule has 1 aliphatic rings. The summed E-state index contributed by atoms with van der Waals surface area (Å²) in [5.74, 6) is 0.338. The fourth-order valence-corrected chi connectivity index (χ4v) is 6.07. The molecule has 14 heteroatoms. The van der Waals surface area contributed by atoms with Crippen LogP contribution in [0.5, 0.6) is 5.88 Å². The Bertz CT molecular complexity index is 1630. The van der Waals surface area contributed by atoms with Crippen molar-refractivity contribution in [3.63, 3.8) is 0 Å². The van der Waals surface area contributed by atoms with Crippen LogP contribution in [0.1, 0.15) is 32.2 Å². The molecule has 1 N–H and O–H groups in total. The number of hydrogen-bond acceptors (Lipinski definition) is 10. The molecular formula is C25H31N9O4S. The maximum Gasteiger partial charge on any atom is 0.279 e. The number of pyridine rings is 1. The average Bonchev–Trinajstić information content (AvgIpc) is 3.31. The molecule has 0 atom stereocenters. The van der Waals surface area contributed by atoms with Gasteiger partial charge in [0, 0.05) is 32.4 Å². The summed E-state index contributed by atoms with van der Waals surface area (Å²) in [6, 6.07) is 5.09. The van der Waals surface area contributed by atoms with Crippen LogP contribution in [0, 0.1) is 0 Å². The molecule has 5 rings (SSSR count). The van der Waals surface area contributed by atoms with E-state index in [-0.39, 0.29) is 27.7 Å². The maximum atomic E-state index is 13.5. The first-order chi connectivity index (χ1) is 18.8. The SMILES string of the molecule is CCOc1ncc(S(=O)(=O)N2CCN(CC)CC2)cc1-c1nc2c(CC)n(Cc3cccnn3)nc2c(=O)[nH]1. The Hall–Kier alpha value is -3.75. The largest absolute Gasteiger partial charge is 0.477 e. The Morgan fingerprint density at radius 3 is 2.56 bits per heavy atom. The monoisotopic (exact) mass is 553 g/mol. The van der Waals surface area contributed by atoms with Gasteiger partial charge in [-0.1, -0.05) is 13.8 Å². The number of piperazine rings is 1. The molecule has 0 unspecified atom stereocenters. The van der Waals surface area contributed by atoms with Crippen molar-refractivity contribution in [2.75, 3.05) is 39.3 Å². The predicted molar refractivity (Wildman–Crippen MR) is 144 cm³/mol. The minimum atomic E-state index is -3.81. The summed E-state index contributed by atoms with van der Waals surface area (Å²) >= 11 is 0. The highest BCUT2D eigenvalue weighted by Gasteiger charge is 2.30. The van der Waals surface area contributed by atoms with E-state index in [1.807, 2.05) is 13.0 Å². The van der Waals surface area contributed by atoms with Crippen molar-refractivity contribution in [2.24, 2.45) is 0 Å². The third-order valence-electron chi connectivity index (χ3n) is 6.75. The highest BCUT2D eigenvalue weighted by molar-refractivity contribution is 7.89. The van der Waals surface area contributed by atoms with E-state index in [9.17, 15) is 13.2 Å². The number of aryl methyl sites for hydroxylation is 1. The number of fused-ring (bicyclic) bond motifs is 1. The first kappa shape index (κ1) is 26.8. The number of nitrogens with one attached hydrogen (secondary N) is 1. The molecule has 5 heterocycles. The second kappa shape index (κ2) is 11.2. The molecule has 39 heavy (non-hydrogen) atoms. The minimum absolute atomic E-state index is 0.0164. The molecule has 0 saturated carbocycles. The number of ether oxygens (including phenoxy) is 1. The number of rotatable bonds is 9. The number of aromatic amines is 1. The Morgan fingerprint density at radius 1 is 1.10 bits per heavy atom. The standard InChI is InChI=1S/C25H31N9O4S/c1-4-20-21-22(31-34(20)16-17-8-7-9-27-30-17)24(35)29-23(28-21)19-14-18(15-26-25(19)38-6-3)39(36,37)33-12-10-32(5-2)11-13-33/h7-9,14-15H,4-6,10-13,16H2,1-3H3,(H,28,29,35). The number of sulfonamides is 1. The van der Waals surface area contributed by atoms with Gasteiger partial charge in [0.05, 0.1) is 36.3 Å². The van der Waals surface area contributed by atoms with Crippen LogP contribution >= 0.6 is 0 Å². The summed E-state index contributed by atoms with van der Waals surface area (Å²) in [5, 5.41) is 12.5. The quantitative estimate of drug-likeness (QED) is 0.321. The lowest BCUT2D eigenvalue weighted by atomic mass is 10.2. The van der Waals surface area contributed by atoms with Gasteiger partial charge in [0.2, 0.25) is 15.9 Å². The van der Waals surface area contributed by atoms with Crippen molar-refractivity contribution >= 4 is 21.1 Å². The van der Waals surface area contributed by atoms with E-state index in [0.717, 1.165) is 12.2 Å². The van der Waals surface area contributed by atoms with Gasteiger partial charge in [-0.3, -0.25) is 9.48 Å². The van der Waals surface area contributed by atoms with Crippen LogP contribution in [0.25, 0.3) is 22.4 Å². The lowest BCUT2D eigenvalue weighted by molar-refractivity contribution is 0.196. The number of nitrogens with zero attached hydrogens (tertiary/aromatic N) is 8. The number of aromatic nitrogens is 7. The molecule has 4 aromatic rings. The van der Waals surface area contributed by atoms with Gasteiger partial charge in [0.15, 0.2) is 5.52 Å². The zero-order chi connectivity index (χ0) is 27.6. The van der Waals surface area contributed by atoms with Gasteiger partial charge in [0.1, 0.15) is 16.2 Å². The van der Waals surface area contributed by atoms with Gasteiger partial charge in [-0.15, -0.1) is 0 Å². The van der Waals surface area contributed by atoms with Gasteiger partial charge >= 0.3 is 0 Å². The van der Waals surface area contributed by atoms with Gasteiger partial charge in [-0.05, 0) is 38.1 Å². The Balaban J connectivity index is 1.58. The van der Waals surface area contributed by atoms with E-state index in [4.69, 9.17) is 9.72 Å². The number of hydrogen-bond donors (Lipinski definition) is 1. The van der Waals surface area contributed by atoms with Crippen molar-refractivity contribution in [1.29, 1.82) is 0 Å². The summed E-state index contributed by atoms with van der Waals surface area (Å²) in [6.45, 7) is 9.42. The maximum absolute atomic E-state index is 13.5. The smallest absolute Gasteiger partial charge is 0.279 e. The lowest BCUT2D eigenvalue weighted by Crippen LogP contribution is -2.48. The topological polar surface area (TPSA) is 152 Å². The van der Waals surface area contributed by atoms with Crippen LogP contribution in [0.4, 0.5) is 0 Å². The van der Waals surface area contributed by atoms with Crippen molar-refractivity contribution < 1.29 is 13.2 Å². The first-order valence-corrected chi connectivity index (χ1v) is 14.4. The molecule has 0 amide bonds. The first-order valence-electron chi connectivity index (χ1n) is 13.0. The summed E-state index contributed by atoms with van der Waals surface area (Å²) in [7, 11) is -3.81. The van der Waals surface area contributed by atoms with Crippen LogP contribution in [-0.4, -0.2) is 91.9 Å². The molecule has 1 saturated heterocycles. The molecule has 4 aromatic heterocycles. The van der Waals surface area contributed by atoms with Crippen molar-refractivity contribution in [3.05, 3.63) is 52.3 Å². The molecule has 0 radical (unpaired) electrons. The van der Waals surface area contributed by atoms with Gasteiger partial charge in [0.25, 0.3) is 5.56 Å². The minimum Gasteiger partial charge on any atom is -0.477 e. The third-order valence-corrected chi connectivity index (χ3v) is 8.62. The molecule has 0 bridgehead atoms. The molecule has 1 aliphatic heterocycles. The van der Waals surface area contributed by atoms with E-state index in [0.29, 0.717) is 57.0 Å². The number of likely N-dealkylation sites (N-methyl/N-ethyl adjacent to an activating group) is 1. The zero-order valence-corrected chi connectivity index (χ0v) is 23.0.